The molecule has 0 heterocycles. The van der Waals surface area contributed by atoms with E-state index < -0.39 is 17.1 Å². The summed E-state index contributed by atoms with van der Waals surface area (Å²) in [5.41, 5.74) is 4.14. The fourth-order valence-corrected chi connectivity index (χ4v) is 0.588. The van der Waals surface area contributed by atoms with Gasteiger partial charge in [0.05, 0.1) is 0 Å². The second-order valence-electron chi connectivity index (χ2n) is 4.08. The van der Waals surface area contributed by atoms with Gasteiger partial charge in [-0.25, -0.2) is 0 Å². The van der Waals surface area contributed by atoms with E-state index in [0.29, 0.717) is 0 Å². The quantitative estimate of drug-likeness (QED) is 0.505. The van der Waals surface area contributed by atoms with Gasteiger partial charge < -0.3 is 10.5 Å². The molecule has 0 rings (SSSR count). The third kappa shape index (κ3) is 3.97. The first-order valence-corrected chi connectivity index (χ1v) is 4.45. The monoisotopic (exact) mass is 191 g/mol. The van der Waals surface area contributed by atoms with E-state index in [-0.39, 0.29) is 5.75 Å². The predicted molar refractivity (Wildman–Crippen MR) is 52.3 cm³/mol. The number of thiol groups is 1. The lowest BCUT2D eigenvalue weighted by Gasteiger charge is -2.26. The highest BCUT2D eigenvalue weighted by molar-refractivity contribution is 7.80. The van der Waals surface area contributed by atoms with E-state index in [1.807, 2.05) is 0 Å². The van der Waals surface area contributed by atoms with Crippen LogP contribution in [0.15, 0.2) is 0 Å². The maximum absolute atomic E-state index is 11.3. The van der Waals surface area contributed by atoms with Crippen molar-refractivity contribution in [2.24, 2.45) is 5.73 Å². The maximum atomic E-state index is 11.3. The van der Waals surface area contributed by atoms with Crippen LogP contribution in [0.1, 0.15) is 27.7 Å². The smallest absolute Gasteiger partial charge is 0.327 e. The molecule has 0 aromatic rings. The van der Waals surface area contributed by atoms with E-state index in [0.717, 1.165) is 0 Å². The van der Waals surface area contributed by atoms with Crippen LogP contribution in [0, 0.1) is 0 Å². The Morgan fingerprint density at radius 3 is 2.08 bits per heavy atom. The highest BCUT2D eigenvalue weighted by atomic mass is 32.1. The number of hydrogen-bond acceptors (Lipinski definition) is 4. The van der Waals surface area contributed by atoms with Gasteiger partial charge in [-0.1, -0.05) is 0 Å². The van der Waals surface area contributed by atoms with Gasteiger partial charge in [-0.2, -0.15) is 12.6 Å². The van der Waals surface area contributed by atoms with Gasteiger partial charge in [-0.15, -0.1) is 0 Å². The van der Waals surface area contributed by atoms with Crippen LogP contribution in [0.2, 0.25) is 0 Å². The number of esters is 1. The van der Waals surface area contributed by atoms with Gasteiger partial charge in [0.15, 0.2) is 0 Å². The highest BCUT2D eigenvalue weighted by Gasteiger charge is 2.31. The van der Waals surface area contributed by atoms with Crippen molar-refractivity contribution >= 4 is 18.6 Å². The van der Waals surface area contributed by atoms with Crippen LogP contribution in [0.4, 0.5) is 0 Å². The maximum Gasteiger partial charge on any atom is 0.327 e. The van der Waals surface area contributed by atoms with Gasteiger partial charge in [0.25, 0.3) is 0 Å². The van der Waals surface area contributed by atoms with Crippen LogP contribution < -0.4 is 5.73 Å². The second-order valence-corrected chi connectivity index (χ2v) is 4.39. The molecule has 0 spiro atoms. The minimum atomic E-state index is -0.990. The lowest BCUT2D eigenvalue weighted by molar-refractivity contribution is -0.160. The van der Waals surface area contributed by atoms with Gasteiger partial charge in [0.1, 0.15) is 11.1 Å². The summed E-state index contributed by atoms with van der Waals surface area (Å²) in [7, 11) is 0. The lowest BCUT2D eigenvalue weighted by Crippen LogP contribution is -2.50. The number of rotatable bonds is 2. The molecule has 0 unspecified atom stereocenters. The van der Waals surface area contributed by atoms with E-state index in [4.69, 9.17) is 10.5 Å². The zero-order chi connectivity index (χ0) is 9.99. The molecule has 0 amide bonds. The van der Waals surface area contributed by atoms with Crippen molar-refractivity contribution in [2.45, 2.75) is 38.8 Å². The van der Waals surface area contributed by atoms with E-state index in [1.54, 1.807) is 27.7 Å². The topological polar surface area (TPSA) is 52.3 Å². The third-order valence-corrected chi connectivity index (χ3v) is 1.85. The Morgan fingerprint density at radius 2 is 1.83 bits per heavy atom. The Hall–Kier alpha value is -0.220. The molecular weight excluding hydrogens is 174 g/mol. The zero-order valence-electron chi connectivity index (χ0n) is 8.05. The van der Waals surface area contributed by atoms with Crippen molar-refractivity contribution in [1.29, 1.82) is 0 Å². The number of nitrogens with two attached hydrogens (primary N) is 1. The van der Waals surface area contributed by atoms with Crippen LogP contribution in [0.5, 0.6) is 0 Å². The SMILES string of the molecule is CC(C)(C)OC(=O)[C@@](C)(N)CS. The molecule has 0 aromatic heterocycles. The number of hydrogen-bond donors (Lipinski definition) is 2. The van der Waals surface area contributed by atoms with Crippen molar-refractivity contribution < 1.29 is 9.53 Å². The van der Waals surface area contributed by atoms with Crippen molar-refractivity contribution in [3.63, 3.8) is 0 Å². The standard InChI is InChI=1S/C8H17NO2S/c1-7(2,3)11-6(10)8(4,9)5-12/h12H,5,9H2,1-4H3/t8-/m0/s1. The molecule has 0 aliphatic heterocycles. The van der Waals surface area contributed by atoms with Gasteiger partial charge in [0.2, 0.25) is 0 Å². The fourth-order valence-electron chi connectivity index (χ4n) is 0.459. The summed E-state index contributed by atoms with van der Waals surface area (Å²) in [6, 6.07) is 0. The molecule has 0 aromatic carbocycles. The molecule has 0 fully saturated rings. The van der Waals surface area contributed by atoms with E-state index in [9.17, 15) is 4.79 Å². The van der Waals surface area contributed by atoms with Crippen LogP contribution in [-0.2, 0) is 9.53 Å². The van der Waals surface area contributed by atoms with Crippen molar-refractivity contribution in [1.82, 2.24) is 0 Å². The van der Waals surface area contributed by atoms with Crippen molar-refractivity contribution in [2.75, 3.05) is 5.75 Å². The Morgan fingerprint density at radius 1 is 1.42 bits per heavy atom. The molecule has 2 N–H and O–H groups in total. The lowest BCUT2D eigenvalue weighted by atomic mass is 10.1. The second kappa shape index (κ2) is 3.66. The van der Waals surface area contributed by atoms with E-state index in [1.165, 1.54) is 0 Å². The van der Waals surface area contributed by atoms with Crippen LogP contribution in [0.3, 0.4) is 0 Å². The summed E-state index contributed by atoms with van der Waals surface area (Å²) < 4.78 is 5.08. The molecule has 0 radical (unpaired) electrons. The predicted octanol–water partition coefficient (Wildman–Crippen LogP) is 0.975. The Balaban J connectivity index is 4.23. The van der Waals surface area contributed by atoms with Crippen molar-refractivity contribution in [3.8, 4) is 0 Å². The molecule has 0 aliphatic carbocycles. The largest absolute Gasteiger partial charge is 0.459 e. The first-order chi connectivity index (χ1) is 5.19. The van der Waals surface area contributed by atoms with Gasteiger partial charge in [-0.3, -0.25) is 4.79 Å². The number of carbonyl (C=O) groups excluding carboxylic acids is 1. The van der Waals surface area contributed by atoms with Crippen LogP contribution in [-0.4, -0.2) is 22.9 Å². The summed E-state index contributed by atoms with van der Waals surface area (Å²) in [6.45, 7) is 7.02. The van der Waals surface area contributed by atoms with Crippen molar-refractivity contribution in [3.05, 3.63) is 0 Å². The normalized spacial score (nSPS) is 16.8. The summed E-state index contributed by atoms with van der Waals surface area (Å²) in [6.07, 6.45) is 0. The van der Waals surface area contributed by atoms with Crippen LogP contribution in [0.25, 0.3) is 0 Å². The van der Waals surface area contributed by atoms with E-state index in [2.05, 4.69) is 12.6 Å². The van der Waals surface area contributed by atoms with Gasteiger partial charge >= 0.3 is 5.97 Å². The molecule has 0 saturated carbocycles. The van der Waals surface area contributed by atoms with Gasteiger partial charge in [-0.05, 0) is 27.7 Å². The molecular formula is C8H17NO2S. The number of ether oxygens (including phenoxy) is 1. The molecule has 0 bridgehead atoms. The minimum Gasteiger partial charge on any atom is -0.459 e. The molecule has 1 atom stereocenters. The first-order valence-electron chi connectivity index (χ1n) is 3.82. The average Bonchev–Trinajstić information content (AvgIpc) is 1.84. The van der Waals surface area contributed by atoms with E-state index >= 15 is 0 Å². The summed E-state index contributed by atoms with van der Waals surface area (Å²) >= 11 is 3.96. The Kier molecular flexibility index (Phi) is 3.59. The fraction of sp³-hybridized carbons (Fsp3) is 0.875. The average molecular weight is 191 g/mol. The summed E-state index contributed by atoms with van der Waals surface area (Å²) in [5.74, 6) is -0.132. The van der Waals surface area contributed by atoms with Crippen LogP contribution >= 0.6 is 12.6 Å². The molecule has 3 nitrogen and oxygen atoms in total. The minimum absolute atomic E-state index is 0.280. The van der Waals surface area contributed by atoms with Gasteiger partial charge in [0, 0.05) is 5.75 Å². The molecule has 72 valence electrons. The molecule has 12 heavy (non-hydrogen) atoms. The molecule has 4 heteroatoms. The Bertz CT molecular complexity index is 172. The summed E-state index contributed by atoms with van der Waals surface area (Å²) in [5, 5.41) is 0. The third-order valence-electron chi connectivity index (χ3n) is 1.19. The molecule has 0 aliphatic rings. The zero-order valence-corrected chi connectivity index (χ0v) is 8.94. The summed E-state index contributed by atoms with van der Waals surface area (Å²) in [4.78, 5) is 11.3. The molecule has 0 saturated heterocycles. The first kappa shape index (κ1) is 11.8. The Labute approximate surface area is 79.1 Å². The highest BCUT2D eigenvalue weighted by Crippen LogP contribution is 2.13. The number of carbonyl (C=O) groups is 1.